The molecule has 0 bridgehead atoms. The Morgan fingerprint density at radius 1 is 1.53 bits per heavy atom. The van der Waals surface area contributed by atoms with Gasteiger partial charge in [0.1, 0.15) is 12.2 Å². The fourth-order valence-electron chi connectivity index (χ4n) is 1.43. The van der Waals surface area contributed by atoms with Gasteiger partial charge in [-0.2, -0.15) is 5.10 Å². The maximum Gasteiger partial charge on any atom is 0.154 e. The average Bonchev–Trinajstić information content (AvgIpc) is 2.63. The lowest BCUT2D eigenvalue weighted by atomic mass is 10.0. The van der Waals surface area contributed by atoms with E-state index in [1.165, 1.54) is 12.6 Å². The molecule has 1 aromatic heterocycles. The first-order valence-electron chi connectivity index (χ1n) is 5.52. The second-order valence-corrected chi connectivity index (χ2v) is 7.27. The molecule has 17 heavy (non-hydrogen) atoms. The monoisotopic (exact) mass is 260 g/mol. The zero-order valence-electron chi connectivity index (χ0n) is 10.7. The Kier molecular flexibility index (Phi) is 3.93. The van der Waals surface area contributed by atoms with Gasteiger partial charge in [-0.25, -0.2) is 13.4 Å². The molecule has 0 radical (unpaired) electrons. The Bertz CT molecular complexity index is 478. The molecule has 1 atom stereocenters. The number of aromatic nitrogens is 3. The minimum atomic E-state index is -3.21. The summed E-state index contributed by atoms with van der Waals surface area (Å²) in [5, 5.41) is 4.03. The normalized spacial score (nSPS) is 14.9. The van der Waals surface area contributed by atoms with Crippen molar-refractivity contribution in [2.24, 2.45) is 5.73 Å². The largest absolute Gasteiger partial charge is 0.326 e. The molecule has 0 spiro atoms. The molecule has 0 aliphatic carbocycles. The summed E-state index contributed by atoms with van der Waals surface area (Å²) in [5.74, 6) is 0.719. The lowest BCUT2D eigenvalue weighted by Gasteiger charge is -2.29. The fraction of sp³-hybridized carbons (Fsp3) is 0.800. The zero-order valence-corrected chi connectivity index (χ0v) is 11.5. The van der Waals surface area contributed by atoms with E-state index < -0.39 is 20.6 Å². The van der Waals surface area contributed by atoms with E-state index >= 15 is 0 Å². The Labute approximate surface area is 102 Å². The van der Waals surface area contributed by atoms with Crippen LogP contribution in [-0.4, -0.2) is 40.2 Å². The summed E-state index contributed by atoms with van der Waals surface area (Å²) < 4.78 is 24.1. The number of rotatable bonds is 5. The summed E-state index contributed by atoms with van der Waals surface area (Å²) in [7, 11) is -3.21. The van der Waals surface area contributed by atoms with Gasteiger partial charge >= 0.3 is 0 Å². The highest BCUT2D eigenvalue weighted by Gasteiger charge is 2.37. The minimum Gasteiger partial charge on any atom is -0.326 e. The highest BCUT2D eigenvalue weighted by atomic mass is 32.2. The molecular formula is C10H20N4O2S. The van der Waals surface area contributed by atoms with E-state index in [9.17, 15) is 8.42 Å². The molecule has 7 heteroatoms. The van der Waals surface area contributed by atoms with E-state index in [-0.39, 0.29) is 0 Å². The van der Waals surface area contributed by atoms with Crippen molar-refractivity contribution in [3.63, 3.8) is 0 Å². The van der Waals surface area contributed by atoms with E-state index in [0.717, 1.165) is 5.82 Å². The van der Waals surface area contributed by atoms with Gasteiger partial charge in [0.25, 0.3) is 0 Å². The van der Waals surface area contributed by atoms with Crippen LogP contribution in [0.25, 0.3) is 0 Å². The first-order valence-corrected chi connectivity index (χ1v) is 7.41. The maximum atomic E-state index is 11.7. The van der Waals surface area contributed by atoms with Crippen LogP contribution in [0.4, 0.5) is 0 Å². The summed E-state index contributed by atoms with van der Waals surface area (Å²) in [5.41, 5.74) is 5.99. The summed E-state index contributed by atoms with van der Waals surface area (Å²) in [6.45, 7) is 5.92. The highest BCUT2D eigenvalue weighted by molar-refractivity contribution is 7.92. The van der Waals surface area contributed by atoms with Crippen molar-refractivity contribution in [2.75, 3.05) is 6.26 Å². The Balaban J connectivity index is 2.90. The highest BCUT2D eigenvalue weighted by Crippen LogP contribution is 2.20. The number of hydrogen-bond acceptors (Lipinski definition) is 5. The van der Waals surface area contributed by atoms with E-state index in [0.29, 0.717) is 13.0 Å². The van der Waals surface area contributed by atoms with E-state index in [2.05, 4.69) is 10.1 Å². The van der Waals surface area contributed by atoms with Crippen molar-refractivity contribution >= 4 is 9.84 Å². The molecule has 2 N–H and O–H groups in total. The summed E-state index contributed by atoms with van der Waals surface area (Å²) >= 11 is 0. The molecule has 0 fully saturated rings. The molecule has 0 aromatic carbocycles. The van der Waals surface area contributed by atoms with Gasteiger partial charge in [-0.05, 0) is 20.8 Å². The Hall–Kier alpha value is -0.950. The smallest absolute Gasteiger partial charge is 0.154 e. The van der Waals surface area contributed by atoms with Gasteiger partial charge in [-0.15, -0.1) is 0 Å². The second kappa shape index (κ2) is 4.73. The molecule has 6 nitrogen and oxygen atoms in total. The third kappa shape index (κ3) is 2.84. The van der Waals surface area contributed by atoms with Gasteiger partial charge < -0.3 is 5.73 Å². The molecule has 1 rings (SSSR count). The predicted octanol–water partition coefficient (Wildman–Crippen LogP) is -0.00900. The number of nitrogens with two attached hydrogens (primary N) is 1. The lowest BCUT2D eigenvalue weighted by molar-refractivity contribution is 0.465. The molecule has 1 heterocycles. The molecular weight excluding hydrogens is 240 g/mol. The number of aryl methyl sites for hydroxylation is 1. The van der Waals surface area contributed by atoms with E-state index in [1.807, 2.05) is 6.92 Å². The number of nitrogens with zero attached hydrogens (tertiary/aromatic N) is 3. The molecule has 1 aromatic rings. The van der Waals surface area contributed by atoms with Crippen LogP contribution in [-0.2, 0) is 22.8 Å². The van der Waals surface area contributed by atoms with Crippen LogP contribution in [0.15, 0.2) is 6.33 Å². The predicted molar refractivity (Wildman–Crippen MR) is 66.3 cm³/mol. The molecule has 0 amide bonds. The topological polar surface area (TPSA) is 90.9 Å². The molecule has 0 saturated heterocycles. The van der Waals surface area contributed by atoms with Crippen molar-refractivity contribution in [1.82, 2.24) is 14.8 Å². The molecule has 1 unspecified atom stereocenters. The summed E-state index contributed by atoms with van der Waals surface area (Å²) in [6, 6.07) is -0.507. The standard InChI is InChI=1S/C10H20N4O2S/c1-5-14-9(12-7-13-14)6-8(11)10(2,3)17(4,15)16/h7-8H,5-6,11H2,1-4H3. The molecule has 0 aliphatic rings. The lowest BCUT2D eigenvalue weighted by Crippen LogP contribution is -2.50. The van der Waals surface area contributed by atoms with Crippen molar-refractivity contribution in [3.8, 4) is 0 Å². The Morgan fingerprint density at radius 3 is 2.59 bits per heavy atom. The zero-order chi connectivity index (χ0) is 13.3. The van der Waals surface area contributed by atoms with Crippen LogP contribution < -0.4 is 5.73 Å². The van der Waals surface area contributed by atoms with E-state index in [1.54, 1.807) is 18.5 Å². The summed E-state index contributed by atoms with van der Waals surface area (Å²) in [4.78, 5) is 4.10. The van der Waals surface area contributed by atoms with Crippen molar-refractivity contribution in [1.29, 1.82) is 0 Å². The third-order valence-corrected chi connectivity index (χ3v) is 5.46. The second-order valence-electron chi connectivity index (χ2n) is 4.68. The quantitative estimate of drug-likeness (QED) is 0.804. The van der Waals surface area contributed by atoms with Crippen molar-refractivity contribution in [2.45, 2.75) is 44.5 Å². The first-order chi connectivity index (χ1) is 7.70. The fourth-order valence-corrected chi connectivity index (χ4v) is 2.06. The van der Waals surface area contributed by atoms with Gasteiger partial charge in [0.2, 0.25) is 0 Å². The van der Waals surface area contributed by atoms with Crippen LogP contribution in [0.3, 0.4) is 0 Å². The molecule has 0 saturated carbocycles. The summed E-state index contributed by atoms with van der Waals surface area (Å²) in [6.07, 6.45) is 3.06. The third-order valence-electron chi connectivity index (χ3n) is 3.25. The van der Waals surface area contributed by atoms with Gasteiger partial charge in [-0.3, -0.25) is 4.68 Å². The minimum absolute atomic E-state index is 0.397. The SMILES string of the molecule is CCn1ncnc1CC(N)C(C)(C)S(C)(=O)=O. The molecule has 0 aliphatic heterocycles. The molecule has 98 valence electrons. The van der Waals surface area contributed by atoms with Gasteiger partial charge in [-0.1, -0.05) is 0 Å². The van der Waals surface area contributed by atoms with Crippen molar-refractivity contribution < 1.29 is 8.42 Å². The van der Waals surface area contributed by atoms with Crippen LogP contribution >= 0.6 is 0 Å². The number of hydrogen-bond donors (Lipinski definition) is 1. The Morgan fingerprint density at radius 2 is 2.12 bits per heavy atom. The van der Waals surface area contributed by atoms with E-state index in [4.69, 9.17) is 5.73 Å². The maximum absolute atomic E-state index is 11.7. The van der Waals surface area contributed by atoms with Gasteiger partial charge in [0.15, 0.2) is 9.84 Å². The van der Waals surface area contributed by atoms with Gasteiger partial charge in [0.05, 0.1) is 4.75 Å². The van der Waals surface area contributed by atoms with Crippen LogP contribution in [0, 0.1) is 0 Å². The van der Waals surface area contributed by atoms with Crippen LogP contribution in [0.1, 0.15) is 26.6 Å². The van der Waals surface area contributed by atoms with Crippen molar-refractivity contribution in [3.05, 3.63) is 12.2 Å². The van der Waals surface area contributed by atoms with Crippen LogP contribution in [0.2, 0.25) is 0 Å². The number of sulfone groups is 1. The van der Waals surface area contributed by atoms with Gasteiger partial charge in [0, 0.05) is 25.3 Å². The first kappa shape index (κ1) is 14.1. The van der Waals surface area contributed by atoms with Crippen LogP contribution in [0.5, 0.6) is 0 Å². The average molecular weight is 260 g/mol.